The van der Waals surface area contributed by atoms with Crippen LogP contribution in [0.2, 0.25) is 0 Å². The van der Waals surface area contributed by atoms with Gasteiger partial charge in [0.05, 0.1) is 13.0 Å². The summed E-state index contributed by atoms with van der Waals surface area (Å²) in [5.74, 6) is 1.37. The van der Waals surface area contributed by atoms with E-state index in [9.17, 15) is 4.79 Å². The summed E-state index contributed by atoms with van der Waals surface area (Å²) in [4.78, 5) is 14.2. The molecule has 0 aromatic heterocycles. The van der Waals surface area contributed by atoms with Gasteiger partial charge in [-0.2, -0.15) is 0 Å². The number of rotatable bonds is 5. The van der Waals surface area contributed by atoms with Gasteiger partial charge in [-0.1, -0.05) is 22.0 Å². The van der Waals surface area contributed by atoms with Crippen LogP contribution in [0.4, 0.5) is 0 Å². The Morgan fingerprint density at radius 3 is 3.00 bits per heavy atom. The van der Waals surface area contributed by atoms with Crippen LogP contribution in [-0.2, 0) is 4.79 Å². The van der Waals surface area contributed by atoms with Crippen LogP contribution in [0.15, 0.2) is 28.7 Å². The van der Waals surface area contributed by atoms with Crippen molar-refractivity contribution >= 4 is 34.2 Å². The molecule has 1 aromatic rings. The molecule has 2 atom stereocenters. The number of benzene rings is 1. The second kappa shape index (κ2) is 9.38. The normalized spacial score (nSPS) is 19.2. The van der Waals surface area contributed by atoms with Crippen molar-refractivity contribution in [3.63, 3.8) is 0 Å². The van der Waals surface area contributed by atoms with Crippen molar-refractivity contribution < 1.29 is 9.53 Å². The smallest absolute Gasteiger partial charge is 0.226 e. The quantitative estimate of drug-likeness (QED) is 0.838. The maximum atomic E-state index is 12.2. The summed E-state index contributed by atoms with van der Waals surface area (Å²) in [5, 5.41) is 0. The molecule has 1 heterocycles. The zero-order valence-corrected chi connectivity index (χ0v) is 15.2. The molecule has 1 amide bonds. The van der Waals surface area contributed by atoms with Crippen LogP contribution in [0.3, 0.4) is 0 Å². The van der Waals surface area contributed by atoms with E-state index in [1.54, 1.807) is 0 Å². The maximum absolute atomic E-state index is 12.2. The van der Waals surface area contributed by atoms with Gasteiger partial charge in [-0.05, 0) is 43.9 Å². The number of hydrogen-bond donors (Lipinski definition) is 1. The van der Waals surface area contributed by atoms with Crippen molar-refractivity contribution in [3.8, 4) is 5.75 Å². The molecule has 0 bridgehead atoms. The highest BCUT2D eigenvalue weighted by molar-refractivity contribution is 9.10. The molecule has 1 aromatic carbocycles. The number of nitrogens with two attached hydrogens (primary N) is 1. The first-order chi connectivity index (χ1) is 10.1. The minimum Gasteiger partial charge on any atom is -0.493 e. The second-order valence-corrected chi connectivity index (χ2v) is 6.57. The van der Waals surface area contributed by atoms with Crippen molar-refractivity contribution in [2.75, 3.05) is 19.7 Å². The predicted octanol–water partition coefficient (Wildman–Crippen LogP) is 3.23. The average molecular weight is 392 g/mol. The fourth-order valence-corrected chi connectivity index (χ4v) is 3.01. The van der Waals surface area contributed by atoms with Crippen molar-refractivity contribution in [3.05, 3.63) is 28.7 Å². The molecule has 0 radical (unpaired) electrons. The Morgan fingerprint density at radius 1 is 1.55 bits per heavy atom. The van der Waals surface area contributed by atoms with E-state index in [2.05, 4.69) is 15.9 Å². The molecule has 1 saturated heterocycles. The van der Waals surface area contributed by atoms with Crippen molar-refractivity contribution in [1.29, 1.82) is 0 Å². The monoisotopic (exact) mass is 390 g/mol. The summed E-state index contributed by atoms with van der Waals surface area (Å²) in [6.45, 7) is 4.07. The Labute approximate surface area is 146 Å². The van der Waals surface area contributed by atoms with Crippen LogP contribution < -0.4 is 10.5 Å². The Hall–Kier alpha value is -0.780. The van der Waals surface area contributed by atoms with Gasteiger partial charge in [0.15, 0.2) is 0 Å². The zero-order valence-electron chi connectivity index (χ0n) is 12.8. The molecule has 0 spiro atoms. The van der Waals surface area contributed by atoms with Crippen LogP contribution in [0.25, 0.3) is 0 Å². The van der Waals surface area contributed by atoms with Crippen LogP contribution >= 0.6 is 28.3 Å². The van der Waals surface area contributed by atoms with Gasteiger partial charge < -0.3 is 15.4 Å². The summed E-state index contributed by atoms with van der Waals surface area (Å²) >= 11 is 3.40. The van der Waals surface area contributed by atoms with E-state index in [1.807, 2.05) is 36.1 Å². The minimum absolute atomic E-state index is 0. The molecular formula is C16H24BrClN2O2. The summed E-state index contributed by atoms with van der Waals surface area (Å²) in [6.07, 6.45) is 2.58. The Bertz CT molecular complexity index is 485. The number of amides is 1. The fourth-order valence-electron chi connectivity index (χ4n) is 2.64. The van der Waals surface area contributed by atoms with Gasteiger partial charge in [-0.3, -0.25) is 4.79 Å². The summed E-state index contributed by atoms with van der Waals surface area (Å²) in [6, 6.07) is 7.80. The molecule has 2 rings (SSSR count). The van der Waals surface area contributed by atoms with Crippen LogP contribution in [0.1, 0.15) is 26.2 Å². The highest BCUT2D eigenvalue weighted by atomic mass is 79.9. The molecular weight excluding hydrogens is 368 g/mol. The molecule has 0 saturated carbocycles. The van der Waals surface area contributed by atoms with Crippen molar-refractivity contribution in [2.24, 2.45) is 11.7 Å². The van der Waals surface area contributed by atoms with Crippen molar-refractivity contribution in [1.82, 2.24) is 4.90 Å². The van der Waals surface area contributed by atoms with Crippen LogP contribution in [0, 0.1) is 5.92 Å². The van der Waals surface area contributed by atoms with E-state index in [0.717, 1.165) is 36.2 Å². The third kappa shape index (κ3) is 5.78. The maximum Gasteiger partial charge on any atom is 0.226 e. The summed E-state index contributed by atoms with van der Waals surface area (Å²) in [5.41, 5.74) is 5.95. The van der Waals surface area contributed by atoms with Gasteiger partial charge in [0.1, 0.15) is 5.75 Å². The topological polar surface area (TPSA) is 55.6 Å². The number of hydrogen-bond acceptors (Lipinski definition) is 3. The number of piperidine rings is 1. The molecule has 2 unspecified atom stereocenters. The standard InChI is InChI=1S/C16H23BrN2O2.ClH/c1-12(18)13-4-3-8-19(11-13)16(20)7-9-21-15-6-2-5-14(17)10-15;/h2,5-6,10,12-13H,3-4,7-9,11,18H2,1H3;1H. The molecule has 6 heteroatoms. The Kier molecular flexibility index (Phi) is 8.21. The van der Waals surface area contributed by atoms with Gasteiger partial charge in [0.2, 0.25) is 5.91 Å². The number of likely N-dealkylation sites (tertiary alicyclic amines) is 1. The predicted molar refractivity (Wildman–Crippen MR) is 94.5 cm³/mol. The Balaban J connectivity index is 0.00000242. The number of carbonyl (C=O) groups excluding carboxylic acids is 1. The first-order valence-electron chi connectivity index (χ1n) is 7.48. The van der Waals surface area contributed by atoms with Crippen LogP contribution in [-0.4, -0.2) is 36.5 Å². The van der Waals surface area contributed by atoms with Crippen molar-refractivity contribution in [2.45, 2.75) is 32.2 Å². The van der Waals surface area contributed by atoms with Gasteiger partial charge in [-0.15, -0.1) is 12.4 Å². The molecule has 1 aliphatic heterocycles. The molecule has 1 aliphatic rings. The second-order valence-electron chi connectivity index (χ2n) is 5.66. The first-order valence-corrected chi connectivity index (χ1v) is 8.27. The number of nitrogens with zero attached hydrogens (tertiary/aromatic N) is 1. The lowest BCUT2D eigenvalue weighted by Crippen LogP contribution is -2.45. The largest absolute Gasteiger partial charge is 0.493 e. The summed E-state index contributed by atoms with van der Waals surface area (Å²) < 4.78 is 6.59. The van der Waals surface area contributed by atoms with Gasteiger partial charge in [0.25, 0.3) is 0 Å². The summed E-state index contributed by atoms with van der Waals surface area (Å²) in [7, 11) is 0. The lowest BCUT2D eigenvalue weighted by molar-refractivity contribution is -0.133. The number of carbonyl (C=O) groups is 1. The lowest BCUT2D eigenvalue weighted by Gasteiger charge is -2.34. The molecule has 1 fully saturated rings. The Morgan fingerprint density at radius 2 is 2.32 bits per heavy atom. The molecule has 2 N–H and O–H groups in total. The van der Waals surface area contributed by atoms with Crippen LogP contribution in [0.5, 0.6) is 5.75 Å². The van der Waals surface area contributed by atoms with E-state index in [0.29, 0.717) is 18.9 Å². The molecule has 22 heavy (non-hydrogen) atoms. The first kappa shape index (κ1) is 19.3. The zero-order chi connectivity index (χ0) is 15.2. The highest BCUT2D eigenvalue weighted by Gasteiger charge is 2.25. The fraction of sp³-hybridized carbons (Fsp3) is 0.562. The van der Waals surface area contributed by atoms with E-state index in [-0.39, 0.29) is 24.4 Å². The molecule has 4 nitrogen and oxygen atoms in total. The third-order valence-corrected chi connectivity index (χ3v) is 4.43. The third-order valence-electron chi connectivity index (χ3n) is 3.93. The van der Waals surface area contributed by atoms with E-state index in [4.69, 9.17) is 10.5 Å². The van der Waals surface area contributed by atoms with E-state index >= 15 is 0 Å². The number of ether oxygens (including phenoxy) is 1. The lowest BCUT2D eigenvalue weighted by atomic mass is 9.92. The minimum atomic E-state index is 0. The van der Waals surface area contributed by atoms with E-state index in [1.165, 1.54) is 0 Å². The van der Waals surface area contributed by atoms with E-state index < -0.39 is 0 Å². The average Bonchev–Trinajstić information content (AvgIpc) is 2.47. The van der Waals surface area contributed by atoms with Gasteiger partial charge in [-0.25, -0.2) is 0 Å². The highest BCUT2D eigenvalue weighted by Crippen LogP contribution is 2.20. The SMILES string of the molecule is CC(N)C1CCCN(C(=O)CCOc2cccc(Br)c2)C1.Cl. The number of halogens is 2. The molecule has 0 aliphatic carbocycles. The van der Waals surface area contributed by atoms with Gasteiger partial charge in [0, 0.05) is 23.6 Å². The van der Waals surface area contributed by atoms with Gasteiger partial charge >= 0.3 is 0 Å². The molecule has 124 valence electrons.